The zero-order chi connectivity index (χ0) is 13.4. The van der Waals surface area contributed by atoms with Gasteiger partial charge in [0.05, 0.1) is 6.10 Å². The quantitative estimate of drug-likeness (QED) is 0.572. The van der Waals surface area contributed by atoms with Gasteiger partial charge in [0.2, 0.25) is 0 Å². The molecule has 1 unspecified atom stereocenters. The molecule has 100 valence electrons. The van der Waals surface area contributed by atoms with E-state index in [2.05, 4.69) is 37.4 Å². The molecule has 0 bridgehead atoms. The minimum Gasteiger partial charge on any atom is -0.387 e. The Morgan fingerprint density at radius 2 is 1.78 bits per heavy atom. The molecule has 0 aliphatic heterocycles. The lowest BCUT2D eigenvalue weighted by Gasteiger charge is -2.13. The first-order valence-electron chi connectivity index (χ1n) is 6.75. The van der Waals surface area contributed by atoms with Gasteiger partial charge in [0.15, 0.2) is 0 Å². The van der Waals surface area contributed by atoms with Crippen molar-refractivity contribution in [1.82, 2.24) is 5.32 Å². The van der Waals surface area contributed by atoms with E-state index in [0.717, 1.165) is 18.5 Å². The zero-order valence-electron chi connectivity index (χ0n) is 11.7. The SMILES string of the molecule is C/C=C/CCNCC(O)c1ccc(C(C)C)cc1. The molecule has 0 saturated heterocycles. The second-order valence-electron chi connectivity index (χ2n) is 4.90. The van der Waals surface area contributed by atoms with Crippen LogP contribution in [-0.2, 0) is 0 Å². The van der Waals surface area contributed by atoms with Gasteiger partial charge in [-0.1, -0.05) is 50.3 Å². The second kappa shape index (κ2) is 8.06. The largest absolute Gasteiger partial charge is 0.387 e. The molecule has 0 heterocycles. The summed E-state index contributed by atoms with van der Waals surface area (Å²) in [5.41, 5.74) is 2.30. The Balaban J connectivity index is 2.39. The molecule has 1 aromatic carbocycles. The number of aliphatic hydroxyl groups is 1. The summed E-state index contributed by atoms with van der Waals surface area (Å²) >= 11 is 0. The third-order valence-electron chi connectivity index (χ3n) is 3.05. The Kier molecular flexibility index (Phi) is 6.69. The molecule has 1 atom stereocenters. The van der Waals surface area contributed by atoms with Crippen molar-refractivity contribution in [3.8, 4) is 0 Å². The van der Waals surface area contributed by atoms with Crippen LogP contribution in [0.3, 0.4) is 0 Å². The van der Waals surface area contributed by atoms with E-state index in [9.17, 15) is 5.11 Å². The molecule has 0 amide bonds. The monoisotopic (exact) mass is 247 g/mol. The Morgan fingerprint density at radius 3 is 2.33 bits per heavy atom. The van der Waals surface area contributed by atoms with Gasteiger partial charge < -0.3 is 10.4 Å². The molecule has 2 nitrogen and oxygen atoms in total. The van der Waals surface area contributed by atoms with E-state index in [1.165, 1.54) is 5.56 Å². The van der Waals surface area contributed by atoms with Crippen LogP contribution in [0.2, 0.25) is 0 Å². The molecule has 0 saturated carbocycles. The van der Waals surface area contributed by atoms with Gasteiger partial charge in [0.1, 0.15) is 0 Å². The van der Waals surface area contributed by atoms with Crippen LogP contribution < -0.4 is 5.32 Å². The van der Waals surface area contributed by atoms with Gasteiger partial charge >= 0.3 is 0 Å². The molecule has 0 aliphatic carbocycles. The Labute approximate surface area is 111 Å². The van der Waals surface area contributed by atoms with Crippen molar-refractivity contribution >= 4 is 0 Å². The van der Waals surface area contributed by atoms with Crippen LogP contribution in [-0.4, -0.2) is 18.2 Å². The summed E-state index contributed by atoms with van der Waals surface area (Å²) in [6, 6.07) is 8.24. The maximum Gasteiger partial charge on any atom is 0.0914 e. The van der Waals surface area contributed by atoms with E-state index >= 15 is 0 Å². The maximum absolute atomic E-state index is 10.0. The van der Waals surface area contributed by atoms with Crippen LogP contribution in [0.25, 0.3) is 0 Å². The van der Waals surface area contributed by atoms with Gasteiger partial charge in [-0.3, -0.25) is 0 Å². The number of aliphatic hydroxyl groups excluding tert-OH is 1. The highest BCUT2D eigenvalue weighted by atomic mass is 16.3. The summed E-state index contributed by atoms with van der Waals surface area (Å²) in [4.78, 5) is 0. The summed E-state index contributed by atoms with van der Waals surface area (Å²) in [5, 5.41) is 13.3. The fourth-order valence-electron chi connectivity index (χ4n) is 1.81. The van der Waals surface area contributed by atoms with Crippen LogP contribution in [0.4, 0.5) is 0 Å². The number of hydrogen-bond donors (Lipinski definition) is 2. The molecule has 0 aliphatic rings. The smallest absolute Gasteiger partial charge is 0.0914 e. The fourth-order valence-corrected chi connectivity index (χ4v) is 1.81. The average Bonchev–Trinajstić information content (AvgIpc) is 2.38. The van der Waals surface area contributed by atoms with Gasteiger partial charge in [0.25, 0.3) is 0 Å². The maximum atomic E-state index is 10.0. The van der Waals surface area contributed by atoms with Crippen molar-refractivity contribution in [1.29, 1.82) is 0 Å². The van der Waals surface area contributed by atoms with Crippen molar-refractivity contribution in [2.24, 2.45) is 0 Å². The van der Waals surface area contributed by atoms with Gasteiger partial charge in [0, 0.05) is 6.54 Å². The second-order valence-corrected chi connectivity index (χ2v) is 4.90. The lowest BCUT2D eigenvalue weighted by Crippen LogP contribution is -2.22. The Morgan fingerprint density at radius 1 is 1.17 bits per heavy atom. The summed E-state index contributed by atoms with van der Waals surface area (Å²) in [5.74, 6) is 0.537. The summed E-state index contributed by atoms with van der Waals surface area (Å²) in [6.07, 6.45) is 4.76. The van der Waals surface area contributed by atoms with Crippen molar-refractivity contribution in [2.45, 2.75) is 39.2 Å². The van der Waals surface area contributed by atoms with Crippen molar-refractivity contribution in [3.63, 3.8) is 0 Å². The van der Waals surface area contributed by atoms with Crippen LogP contribution in [0.15, 0.2) is 36.4 Å². The first kappa shape index (κ1) is 14.9. The number of rotatable bonds is 7. The van der Waals surface area contributed by atoms with E-state index in [0.29, 0.717) is 12.5 Å². The molecule has 18 heavy (non-hydrogen) atoms. The van der Waals surface area contributed by atoms with E-state index < -0.39 is 6.10 Å². The molecule has 2 heteroatoms. The first-order valence-corrected chi connectivity index (χ1v) is 6.75. The van der Waals surface area contributed by atoms with Crippen LogP contribution in [0.5, 0.6) is 0 Å². The molecule has 1 rings (SSSR count). The van der Waals surface area contributed by atoms with Gasteiger partial charge in [-0.05, 0) is 36.9 Å². The molecular weight excluding hydrogens is 222 g/mol. The normalized spacial score (nSPS) is 13.4. The minimum atomic E-state index is -0.420. The van der Waals surface area contributed by atoms with E-state index in [4.69, 9.17) is 0 Å². The summed E-state index contributed by atoms with van der Waals surface area (Å²) in [7, 11) is 0. The van der Waals surface area contributed by atoms with Crippen molar-refractivity contribution < 1.29 is 5.11 Å². The van der Waals surface area contributed by atoms with Crippen LogP contribution in [0, 0.1) is 0 Å². The number of hydrogen-bond acceptors (Lipinski definition) is 2. The predicted octanol–water partition coefficient (Wildman–Crippen LogP) is 3.40. The predicted molar refractivity (Wildman–Crippen MR) is 77.8 cm³/mol. The van der Waals surface area contributed by atoms with E-state index in [1.54, 1.807) is 0 Å². The van der Waals surface area contributed by atoms with Crippen LogP contribution in [0.1, 0.15) is 50.3 Å². The topological polar surface area (TPSA) is 32.3 Å². The average molecular weight is 247 g/mol. The number of benzene rings is 1. The number of nitrogens with one attached hydrogen (secondary N) is 1. The Bertz CT molecular complexity index is 354. The van der Waals surface area contributed by atoms with Gasteiger partial charge in [-0.25, -0.2) is 0 Å². The van der Waals surface area contributed by atoms with Crippen LogP contribution >= 0.6 is 0 Å². The minimum absolute atomic E-state index is 0.420. The molecule has 2 N–H and O–H groups in total. The lowest BCUT2D eigenvalue weighted by atomic mass is 10.00. The van der Waals surface area contributed by atoms with Gasteiger partial charge in [-0.15, -0.1) is 0 Å². The highest BCUT2D eigenvalue weighted by Gasteiger charge is 2.07. The first-order chi connectivity index (χ1) is 8.65. The zero-order valence-corrected chi connectivity index (χ0v) is 11.7. The molecule has 0 aromatic heterocycles. The number of allylic oxidation sites excluding steroid dienone is 1. The summed E-state index contributed by atoms with van der Waals surface area (Å²) in [6.45, 7) is 7.89. The van der Waals surface area contributed by atoms with Gasteiger partial charge in [-0.2, -0.15) is 0 Å². The molecule has 0 radical (unpaired) electrons. The van der Waals surface area contributed by atoms with E-state index in [1.807, 2.05) is 25.1 Å². The highest BCUT2D eigenvalue weighted by molar-refractivity contribution is 5.26. The van der Waals surface area contributed by atoms with Crippen molar-refractivity contribution in [3.05, 3.63) is 47.5 Å². The van der Waals surface area contributed by atoms with Crippen molar-refractivity contribution in [2.75, 3.05) is 13.1 Å². The molecule has 1 aromatic rings. The molecule has 0 fully saturated rings. The lowest BCUT2D eigenvalue weighted by molar-refractivity contribution is 0.175. The fraction of sp³-hybridized carbons (Fsp3) is 0.500. The highest BCUT2D eigenvalue weighted by Crippen LogP contribution is 2.18. The third kappa shape index (κ3) is 5.03. The molecule has 0 spiro atoms. The Hall–Kier alpha value is -1.12. The summed E-state index contributed by atoms with van der Waals surface area (Å²) < 4.78 is 0. The standard InChI is InChI=1S/C16H25NO/c1-4-5-6-11-17-12-16(18)15-9-7-14(8-10-15)13(2)3/h4-5,7-10,13,16-18H,6,11-12H2,1-3H3/b5-4+. The van der Waals surface area contributed by atoms with E-state index in [-0.39, 0.29) is 0 Å². The third-order valence-corrected chi connectivity index (χ3v) is 3.05. The molecular formula is C16H25NO.